The number of hydrogen-bond acceptors (Lipinski definition) is 6. The van der Waals surface area contributed by atoms with E-state index in [9.17, 15) is 9.90 Å². The molecule has 21 heavy (non-hydrogen) atoms. The summed E-state index contributed by atoms with van der Waals surface area (Å²) in [6, 6.07) is 6.86. The molecule has 1 aliphatic rings. The zero-order valence-corrected chi connectivity index (χ0v) is 11.8. The van der Waals surface area contributed by atoms with Gasteiger partial charge >= 0.3 is 0 Å². The number of nitrogens with zero attached hydrogens (tertiary/aromatic N) is 1. The maximum absolute atomic E-state index is 11.4. The van der Waals surface area contributed by atoms with Crippen molar-refractivity contribution in [2.24, 2.45) is 5.84 Å². The first-order valence-corrected chi connectivity index (χ1v) is 6.91. The third kappa shape index (κ3) is 4.40. The van der Waals surface area contributed by atoms with Gasteiger partial charge in [-0.2, -0.15) is 0 Å². The second-order valence-corrected chi connectivity index (χ2v) is 4.80. The van der Waals surface area contributed by atoms with Crippen LogP contribution >= 0.6 is 0 Å². The van der Waals surface area contributed by atoms with E-state index in [1.165, 1.54) is 0 Å². The molecule has 1 heterocycles. The quantitative estimate of drug-likeness (QED) is 0.367. The van der Waals surface area contributed by atoms with Gasteiger partial charge in [-0.1, -0.05) is 6.07 Å². The van der Waals surface area contributed by atoms with Crippen LogP contribution in [0.2, 0.25) is 0 Å². The van der Waals surface area contributed by atoms with Gasteiger partial charge in [0.2, 0.25) is 0 Å². The van der Waals surface area contributed by atoms with E-state index >= 15 is 0 Å². The molecule has 0 aromatic heterocycles. The zero-order chi connectivity index (χ0) is 15.1. The van der Waals surface area contributed by atoms with Crippen LogP contribution in [0.25, 0.3) is 0 Å². The molecule has 1 amide bonds. The summed E-state index contributed by atoms with van der Waals surface area (Å²) < 4.78 is 11.0. The first kappa shape index (κ1) is 15.7. The summed E-state index contributed by atoms with van der Waals surface area (Å²) in [6.07, 6.45) is 0. The molecule has 1 saturated heterocycles. The van der Waals surface area contributed by atoms with Gasteiger partial charge in [0, 0.05) is 18.7 Å². The second kappa shape index (κ2) is 7.94. The van der Waals surface area contributed by atoms with Gasteiger partial charge in [-0.15, -0.1) is 0 Å². The number of nitrogens with two attached hydrogens (primary N) is 1. The highest BCUT2D eigenvalue weighted by atomic mass is 16.5. The average molecular weight is 295 g/mol. The van der Waals surface area contributed by atoms with Crippen molar-refractivity contribution in [3.8, 4) is 5.75 Å². The first-order valence-electron chi connectivity index (χ1n) is 6.91. The van der Waals surface area contributed by atoms with Crippen molar-refractivity contribution in [3.63, 3.8) is 0 Å². The smallest absolute Gasteiger partial charge is 0.265 e. The topological polar surface area (TPSA) is 97.0 Å². The lowest BCUT2D eigenvalue weighted by Gasteiger charge is -2.34. The van der Waals surface area contributed by atoms with Gasteiger partial charge in [-0.3, -0.25) is 15.1 Å². The van der Waals surface area contributed by atoms with Crippen molar-refractivity contribution in [2.75, 3.05) is 39.5 Å². The van der Waals surface area contributed by atoms with Gasteiger partial charge in [0.15, 0.2) is 0 Å². The Kier molecular flexibility index (Phi) is 5.94. The highest BCUT2D eigenvalue weighted by Gasteiger charge is 2.21. The molecule has 116 valence electrons. The number of nitrogen functional groups attached to an aromatic ring is 1. The molecule has 0 bridgehead atoms. The SMILES string of the molecule is NNC(=O)c1cccc(OCCN2CCOCC2CO)c1. The molecule has 1 aromatic rings. The Morgan fingerprint density at radius 2 is 2.43 bits per heavy atom. The van der Waals surface area contributed by atoms with Crippen LogP contribution in [-0.2, 0) is 4.74 Å². The molecule has 0 radical (unpaired) electrons. The molecule has 7 nitrogen and oxygen atoms in total. The van der Waals surface area contributed by atoms with Gasteiger partial charge in [0.05, 0.1) is 25.9 Å². The zero-order valence-electron chi connectivity index (χ0n) is 11.8. The molecule has 1 unspecified atom stereocenters. The number of ether oxygens (including phenoxy) is 2. The van der Waals surface area contributed by atoms with E-state index in [1.54, 1.807) is 24.3 Å². The summed E-state index contributed by atoms with van der Waals surface area (Å²) in [5, 5.41) is 9.28. The molecule has 1 aliphatic heterocycles. The number of hydrazine groups is 1. The Bertz CT molecular complexity index is 469. The van der Waals surface area contributed by atoms with Crippen LogP contribution in [0.4, 0.5) is 0 Å². The van der Waals surface area contributed by atoms with Crippen LogP contribution < -0.4 is 16.0 Å². The predicted octanol–water partition coefficient (Wildman–Crippen LogP) is -0.638. The van der Waals surface area contributed by atoms with Crippen molar-refractivity contribution >= 4 is 5.91 Å². The van der Waals surface area contributed by atoms with Gasteiger partial charge < -0.3 is 14.6 Å². The minimum atomic E-state index is -0.353. The molecule has 0 aliphatic carbocycles. The van der Waals surface area contributed by atoms with E-state index in [4.69, 9.17) is 15.3 Å². The molecule has 1 atom stereocenters. The van der Waals surface area contributed by atoms with Crippen LogP contribution in [0.5, 0.6) is 5.75 Å². The van der Waals surface area contributed by atoms with Crippen molar-refractivity contribution in [3.05, 3.63) is 29.8 Å². The highest BCUT2D eigenvalue weighted by Crippen LogP contribution is 2.13. The van der Waals surface area contributed by atoms with Crippen LogP contribution in [0, 0.1) is 0 Å². The van der Waals surface area contributed by atoms with Gasteiger partial charge in [0.25, 0.3) is 5.91 Å². The first-order chi connectivity index (χ1) is 10.2. The van der Waals surface area contributed by atoms with E-state index < -0.39 is 0 Å². The number of nitrogens with one attached hydrogen (secondary N) is 1. The fraction of sp³-hybridized carbons (Fsp3) is 0.500. The Morgan fingerprint density at radius 3 is 3.19 bits per heavy atom. The molecular formula is C14H21N3O4. The highest BCUT2D eigenvalue weighted by molar-refractivity contribution is 5.94. The largest absolute Gasteiger partial charge is 0.492 e. The number of amides is 1. The number of morpholine rings is 1. The number of carbonyl (C=O) groups excluding carboxylic acids is 1. The molecule has 2 rings (SSSR count). The molecule has 0 spiro atoms. The third-order valence-corrected chi connectivity index (χ3v) is 3.43. The fourth-order valence-electron chi connectivity index (χ4n) is 2.24. The minimum Gasteiger partial charge on any atom is -0.492 e. The summed E-state index contributed by atoms with van der Waals surface area (Å²) in [4.78, 5) is 13.6. The maximum Gasteiger partial charge on any atom is 0.265 e. The molecule has 7 heteroatoms. The number of hydrogen-bond donors (Lipinski definition) is 3. The van der Waals surface area contributed by atoms with Crippen molar-refractivity contribution in [2.45, 2.75) is 6.04 Å². The average Bonchev–Trinajstić information content (AvgIpc) is 2.55. The lowest BCUT2D eigenvalue weighted by Crippen LogP contribution is -2.48. The fourth-order valence-corrected chi connectivity index (χ4v) is 2.24. The van der Waals surface area contributed by atoms with Gasteiger partial charge in [0.1, 0.15) is 12.4 Å². The number of rotatable bonds is 6. The lowest BCUT2D eigenvalue weighted by atomic mass is 10.2. The Labute approximate surface area is 123 Å². The molecule has 1 aromatic carbocycles. The molecule has 1 fully saturated rings. The van der Waals surface area contributed by atoms with E-state index in [0.29, 0.717) is 37.7 Å². The van der Waals surface area contributed by atoms with Crippen molar-refractivity contribution in [1.29, 1.82) is 0 Å². The monoisotopic (exact) mass is 295 g/mol. The Hall–Kier alpha value is -1.67. The van der Waals surface area contributed by atoms with Gasteiger partial charge in [-0.05, 0) is 18.2 Å². The van der Waals surface area contributed by atoms with Gasteiger partial charge in [-0.25, -0.2) is 5.84 Å². The third-order valence-electron chi connectivity index (χ3n) is 3.43. The predicted molar refractivity (Wildman–Crippen MR) is 76.9 cm³/mol. The lowest BCUT2D eigenvalue weighted by molar-refractivity contribution is -0.0312. The van der Waals surface area contributed by atoms with Crippen LogP contribution in [0.3, 0.4) is 0 Å². The van der Waals surface area contributed by atoms with Crippen LogP contribution in [-0.4, -0.2) is 61.5 Å². The number of aliphatic hydroxyl groups excluding tert-OH is 1. The number of carbonyl (C=O) groups is 1. The molecular weight excluding hydrogens is 274 g/mol. The van der Waals surface area contributed by atoms with Crippen LogP contribution in [0.15, 0.2) is 24.3 Å². The maximum atomic E-state index is 11.4. The summed E-state index contributed by atoms with van der Waals surface area (Å²) in [5.74, 6) is 5.36. The normalized spacial score (nSPS) is 19.2. The standard InChI is InChI=1S/C14H21N3O4/c15-16-14(19)11-2-1-3-13(8-11)21-7-5-17-4-6-20-10-12(17)9-18/h1-3,8,12,18H,4-7,9-10,15H2,(H,16,19). The summed E-state index contributed by atoms with van der Waals surface area (Å²) >= 11 is 0. The molecule has 4 N–H and O–H groups in total. The summed E-state index contributed by atoms with van der Waals surface area (Å²) in [7, 11) is 0. The minimum absolute atomic E-state index is 0.0247. The van der Waals surface area contributed by atoms with E-state index in [2.05, 4.69) is 10.3 Å². The summed E-state index contributed by atoms with van der Waals surface area (Å²) in [5.41, 5.74) is 2.54. The molecule has 0 saturated carbocycles. The number of benzene rings is 1. The summed E-state index contributed by atoms with van der Waals surface area (Å²) in [6.45, 7) is 3.24. The second-order valence-electron chi connectivity index (χ2n) is 4.80. The number of aliphatic hydroxyl groups is 1. The van der Waals surface area contributed by atoms with E-state index in [-0.39, 0.29) is 18.6 Å². The Balaban J connectivity index is 1.84. The van der Waals surface area contributed by atoms with E-state index in [0.717, 1.165) is 6.54 Å². The van der Waals surface area contributed by atoms with Crippen molar-refractivity contribution in [1.82, 2.24) is 10.3 Å². The van der Waals surface area contributed by atoms with Crippen molar-refractivity contribution < 1.29 is 19.4 Å². The Morgan fingerprint density at radius 1 is 1.57 bits per heavy atom. The van der Waals surface area contributed by atoms with Crippen LogP contribution in [0.1, 0.15) is 10.4 Å². The van der Waals surface area contributed by atoms with E-state index in [1.807, 2.05) is 0 Å².